The summed E-state index contributed by atoms with van der Waals surface area (Å²) in [5.41, 5.74) is 0.446. The van der Waals surface area contributed by atoms with Crippen LogP contribution in [0.1, 0.15) is 41.8 Å². The Balaban J connectivity index is 2.13. The Morgan fingerprint density at radius 3 is 2.84 bits per heavy atom. The van der Waals surface area contributed by atoms with E-state index in [0.29, 0.717) is 23.1 Å². The zero-order chi connectivity index (χ0) is 18.2. The number of carboxylic acid groups (broad SMARTS) is 1. The van der Waals surface area contributed by atoms with Crippen LogP contribution in [-0.4, -0.2) is 43.8 Å². The first kappa shape index (κ1) is 18.6. The standard InChI is InChI=1S/C17H22N4O4/c1-3-5-12(9-22)21-16-15(8-18-11(2)19-16)25-10-13-6-4-7-14(20-13)17(23)24/h4,6-8,12,22H,3,5,9-10H2,1-2H3,(H,23,24)(H,18,19,21)/t12-/m0/s1. The molecule has 25 heavy (non-hydrogen) atoms. The van der Waals surface area contributed by atoms with Crippen molar-refractivity contribution in [2.75, 3.05) is 11.9 Å². The van der Waals surface area contributed by atoms with Crippen LogP contribution in [0.25, 0.3) is 0 Å². The molecule has 3 N–H and O–H groups in total. The molecular weight excluding hydrogens is 324 g/mol. The van der Waals surface area contributed by atoms with E-state index in [1.165, 1.54) is 6.07 Å². The van der Waals surface area contributed by atoms with E-state index in [9.17, 15) is 9.90 Å². The van der Waals surface area contributed by atoms with E-state index >= 15 is 0 Å². The zero-order valence-corrected chi connectivity index (χ0v) is 14.3. The van der Waals surface area contributed by atoms with E-state index in [0.717, 1.165) is 12.8 Å². The highest BCUT2D eigenvalue weighted by atomic mass is 16.5. The monoisotopic (exact) mass is 346 g/mol. The molecule has 0 aliphatic carbocycles. The number of aryl methyl sites for hydroxylation is 1. The van der Waals surface area contributed by atoms with Gasteiger partial charge in [0.05, 0.1) is 24.5 Å². The highest BCUT2D eigenvalue weighted by Gasteiger charge is 2.13. The molecule has 0 saturated carbocycles. The Labute approximate surface area is 145 Å². The highest BCUT2D eigenvalue weighted by molar-refractivity contribution is 5.85. The maximum absolute atomic E-state index is 11.0. The van der Waals surface area contributed by atoms with Gasteiger partial charge in [0.15, 0.2) is 11.6 Å². The number of hydrogen-bond donors (Lipinski definition) is 3. The molecular formula is C17H22N4O4. The van der Waals surface area contributed by atoms with Gasteiger partial charge in [0, 0.05) is 0 Å². The Morgan fingerprint density at radius 1 is 1.36 bits per heavy atom. The van der Waals surface area contributed by atoms with Crippen molar-refractivity contribution in [3.8, 4) is 5.75 Å². The van der Waals surface area contributed by atoms with Gasteiger partial charge < -0.3 is 20.3 Å². The van der Waals surface area contributed by atoms with Gasteiger partial charge in [-0.15, -0.1) is 0 Å². The molecule has 0 radical (unpaired) electrons. The van der Waals surface area contributed by atoms with Crippen LogP contribution in [0.5, 0.6) is 5.75 Å². The molecule has 8 nitrogen and oxygen atoms in total. The molecule has 2 rings (SSSR count). The van der Waals surface area contributed by atoms with Crippen LogP contribution in [0.4, 0.5) is 5.82 Å². The van der Waals surface area contributed by atoms with Gasteiger partial charge >= 0.3 is 5.97 Å². The topological polar surface area (TPSA) is 117 Å². The lowest BCUT2D eigenvalue weighted by atomic mass is 10.2. The number of hydrogen-bond acceptors (Lipinski definition) is 7. The number of aromatic carboxylic acids is 1. The summed E-state index contributed by atoms with van der Waals surface area (Å²) in [5.74, 6) is 0.402. The van der Waals surface area contributed by atoms with Crippen LogP contribution in [-0.2, 0) is 6.61 Å². The average molecular weight is 346 g/mol. The van der Waals surface area contributed by atoms with Gasteiger partial charge in [0.25, 0.3) is 0 Å². The van der Waals surface area contributed by atoms with E-state index in [4.69, 9.17) is 9.84 Å². The number of ether oxygens (including phenoxy) is 1. The molecule has 0 aliphatic heterocycles. The normalized spacial score (nSPS) is 11.8. The Bertz CT molecular complexity index is 724. The largest absolute Gasteiger partial charge is 0.482 e. The second-order valence-corrected chi connectivity index (χ2v) is 5.55. The van der Waals surface area contributed by atoms with Crippen LogP contribution in [0, 0.1) is 6.92 Å². The second kappa shape index (κ2) is 8.93. The lowest BCUT2D eigenvalue weighted by Gasteiger charge is -2.18. The summed E-state index contributed by atoms with van der Waals surface area (Å²) in [6.45, 7) is 3.87. The molecule has 0 saturated heterocycles. The van der Waals surface area contributed by atoms with Crippen LogP contribution >= 0.6 is 0 Å². The Hall–Kier alpha value is -2.74. The molecule has 0 bridgehead atoms. The van der Waals surface area contributed by atoms with Crippen molar-refractivity contribution in [1.82, 2.24) is 15.0 Å². The molecule has 0 aliphatic rings. The van der Waals surface area contributed by atoms with Crippen LogP contribution in [0.15, 0.2) is 24.4 Å². The molecule has 0 amide bonds. The summed E-state index contributed by atoms with van der Waals surface area (Å²) >= 11 is 0. The van der Waals surface area contributed by atoms with Gasteiger partial charge in [-0.1, -0.05) is 19.4 Å². The lowest BCUT2D eigenvalue weighted by molar-refractivity contribution is 0.0690. The van der Waals surface area contributed by atoms with Crippen molar-refractivity contribution in [3.05, 3.63) is 41.6 Å². The summed E-state index contributed by atoms with van der Waals surface area (Å²) in [5, 5.41) is 21.6. The summed E-state index contributed by atoms with van der Waals surface area (Å²) in [6.07, 6.45) is 3.26. The third kappa shape index (κ3) is 5.39. The zero-order valence-electron chi connectivity index (χ0n) is 14.3. The van der Waals surface area contributed by atoms with Crippen LogP contribution in [0.3, 0.4) is 0 Å². The first-order chi connectivity index (χ1) is 12.0. The predicted molar refractivity (Wildman–Crippen MR) is 91.7 cm³/mol. The quantitative estimate of drug-likeness (QED) is 0.631. The van der Waals surface area contributed by atoms with Crippen molar-refractivity contribution in [2.24, 2.45) is 0 Å². The fraction of sp³-hybridized carbons (Fsp3) is 0.412. The van der Waals surface area contributed by atoms with Crippen LogP contribution in [0.2, 0.25) is 0 Å². The van der Waals surface area contributed by atoms with E-state index in [1.807, 2.05) is 6.92 Å². The third-order valence-corrected chi connectivity index (χ3v) is 3.48. The third-order valence-electron chi connectivity index (χ3n) is 3.48. The minimum Gasteiger partial charge on any atom is -0.482 e. The van der Waals surface area contributed by atoms with Gasteiger partial charge in [-0.25, -0.2) is 19.7 Å². The van der Waals surface area contributed by atoms with Crippen molar-refractivity contribution in [3.63, 3.8) is 0 Å². The van der Waals surface area contributed by atoms with Gasteiger partial charge in [0.2, 0.25) is 0 Å². The number of aromatic nitrogens is 3. The molecule has 0 aromatic carbocycles. The predicted octanol–water partition coefficient (Wildman–Crippen LogP) is 2.03. The van der Waals surface area contributed by atoms with Gasteiger partial charge in [-0.3, -0.25) is 0 Å². The number of aliphatic hydroxyl groups is 1. The van der Waals surface area contributed by atoms with Crippen molar-refractivity contribution < 1.29 is 19.7 Å². The molecule has 0 fully saturated rings. The van der Waals surface area contributed by atoms with E-state index in [-0.39, 0.29) is 24.9 Å². The number of nitrogens with zero attached hydrogens (tertiary/aromatic N) is 3. The first-order valence-electron chi connectivity index (χ1n) is 8.06. The van der Waals surface area contributed by atoms with Crippen molar-refractivity contribution in [2.45, 2.75) is 39.3 Å². The number of carbonyl (C=O) groups is 1. The maximum atomic E-state index is 11.0. The minimum absolute atomic E-state index is 0.0153. The van der Waals surface area contributed by atoms with Crippen molar-refractivity contribution in [1.29, 1.82) is 0 Å². The number of carboxylic acids is 1. The van der Waals surface area contributed by atoms with Crippen molar-refractivity contribution >= 4 is 11.8 Å². The molecule has 0 spiro atoms. The molecule has 1 atom stereocenters. The molecule has 2 heterocycles. The fourth-order valence-corrected chi connectivity index (χ4v) is 2.25. The number of aliphatic hydroxyl groups excluding tert-OH is 1. The first-order valence-corrected chi connectivity index (χ1v) is 8.06. The fourth-order valence-electron chi connectivity index (χ4n) is 2.25. The number of anilines is 1. The average Bonchev–Trinajstić information content (AvgIpc) is 2.60. The molecule has 0 unspecified atom stereocenters. The molecule has 2 aromatic heterocycles. The summed E-state index contributed by atoms with van der Waals surface area (Å²) in [4.78, 5) is 23.4. The Kier molecular flexibility index (Phi) is 6.64. The molecule has 8 heteroatoms. The molecule has 2 aromatic rings. The second-order valence-electron chi connectivity index (χ2n) is 5.55. The summed E-state index contributed by atoms with van der Waals surface area (Å²) in [7, 11) is 0. The molecule has 134 valence electrons. The van der Waals surface area contributed by atoms with Crippen LogP contribution < -0.4 is 10.1 Å². The maximum Gasteiger partial charge on any atom is 0.354 e. The van der Waals surface area contributed by atoms with E-state index in [1.54, 1.807) is 25.3 Å². The SMILES string of the molecule is CCC[C@@H](CO)Nc1nc(C)ncc1OCc1cccc(C(=O)O)n1. The van der Waals surface area contributed by atoms with Gasteiger partial charge in [0.1, 0.15) is 18.1 Å². The number of pyridine rings is 1. The summed E-state index contributed by atoms with van der Waals surface area (Å²) < 4.78 is 5.71. The Morgan fingerprint density at radius 2 is 2.16 bits per heavy atom. The highest BCUT2D eigenvalue weighted by Crippen LogP contribution is 2.23. The van der Waals surface area contributed by atoms with E-state index < -0.39 is 5.97 Å². The minimum atomic E-state index is -1.09. The smallest absolute Gasteiger partial charge is 0.354 e. The summed E-state index contributed by atoms with van der Waals surface area (Å²) in [6, 6.07) is 4.59. The lowest BCUT2D eigenvalue weighted by Crippen LogP contribution is -2.24. The van der Waals surface area contributed by atoms with Gasteiger partial charge in [-0.2, -0.15) is 0 Å². The number of nitrogens with one attached hydrogen (secondary N) is 1. The van der Waals surface area contributed by atoms with E-state index in [2.05, 4.69) is 20.3 Å². The van der Waals surface area contributed by atoms with Gasteiger partial charge in [-0.05, 0) is 25.5 Å². The number of rotatable bonds is 9.